The van der Waals surface area contributed by atoms with Crippen molar-refractivity contribution >= 4 is 17.3 Å². The van der Waals surface area contributed by atoms with Crippen LogP contribution < -0.4 is 14.4 Å². The Kier molecular flexibility index (Phi) is 6.31. The molecule has 2 aromatic rings. The van der Waals surface area contributed by atoms with Crippen LogP contribution in [-0.4, -0.2) is 55.1 Å². The van der Waals surface area contributed by atoms with E-state index in [0.717, 1.165) is 11.4 Å². The summed E-state index contributed by atoms with van der Waals surface area (Å²) < 4.78 is 11.2. The van der Waals surface area contributed by atoms with Crippen LogP contribution in [0.5, 0.6) is 11.5 Å². The molecule has 1 amide bonds. The lowest BCUT2D eigenvalue weighted by molar-refractivity contribution is -0.384. The molecule has 8 heteroatoms. The van der Waals surface area contributed by atoms with Gasteiger partial charge in [-0.2, -0.15) is 0 Å². The summed E-state index contributed by atoms with van der Waals surface area (Å²) in [7, 11) is 0. The predicted octanol–water partition coefficient (Wildman–Crippen LogP) is 2.72. The van der Waals surface area contributed by atoms with Crippen LogP contribution in [0.4, 0.5) is 11.4 Å². The Hall–Kier alpha value is -3.29. The third-order valence-corrected chi connectivity index (χ3v) is 4.55. The van der Waals surface area contributed by atoms with Crippen LogP contribution >= 0.6 is 0 Å². The number of nitro benzene ring substituents is 1. The number of carbonyl (C=O) groups excluding carboxylic acids is 1. The lowest BCUT2D eigenvalue weighted by atomic mass is 10.2. The third-order valence-electron chi connectivity index (χ3n) is 4.55. The van der Waals surface area contributed by atoms with E-state index >= 15 is 0 Å². The highest BCUT2D eigenvalue weighted by atomic mass is 16.6. The standard InChI is InChI=1S/C20H23N3O5/c1-2-27-19-6-4-3-5-18(19)21-11-13-22(14-12-21)20(24)15-28-17-9-7-16(8-10-17)23(25)26/h3-10H,2,11-15H2,1H3. The Bertz CT molecular complexity index is 817. The topological polar surface area (TPSA) is 85.2 Å². The van der Waals surface area contributed by atoms with E-state index < -0.39 is 4.92 Å². The summed E-state index contributed by atoms with van der Waals surface area (Å²) >= 11 is 0. The summed E-state index contributed by atoms with van der Waals surface area (Å²) in [6.45, 7) is 5.10. The molecule has 1 aliphatic rings. The molecule has 148 valence electrons. The SMILES string of the molecule is CCOc1ccccc1N1CCN(C(=O)COc2ccc([N+](=O)[O-])cc2)CC1. The fraction of sp³-hybridized carbons (Fsp3) is 0.350. The van der Waals surface area contributed by atoms with Crippen molar-refractivity contribution in [2.75, 3.05) is 44.3 Å². The number of nitrogens with zero attached hydrogens (tertiary/aromatic N) is 3. The molecular weight excluding hydrogens is 362 g/mol. The number of hydrogen-bond acceptors (Lipinski definition) is 6. The van der Waals surface area contributed by atoms with Gasteiger partial charge in [0.15, 0.2) is 6.61 Å². The van der Waals surface area contributed by atoms with E-state index in [0.29, 0.717) is 38.5 Å². The molecule has 1 saturated heterocycles. The number of carbonyl (C=O) groups is 1. The third kappa shape index (κ3) is 4.70. The summed E-state index contributed by atoms with van der Waals surface area (Å²) in [5.74, 6) is 1.19. The van der Waals surface area contributed by atoms with Gasteiger partial charge >= 0.3 is 0 Å². The Morgan fingerprint density at radius 1 is 1.04 bits per heavy atom. The van der Waals surface area contributed by atoms with Gasteiger partial charge in [0.2, 0.25) is 0 Å². The molecule has 0 spiro atoms. The van der Waals surface area contributed by atoms with Gasteiger partial charge in [0.1, 0.15) is 11.5 Å². The molecule has 28 heavy (non-hydrogen) atoms. The van der Waals surface area contributed by atoms with Crippen molar-refractivity contribution in [3.8, 4) is 11.5 Å². The summed E-state index contributed by atoms with van der Waals surface area (Å²) in [5.41, 5.74) is 1.03. The molecule has 0 saturated carbocycles. The van der Waals surface area contributed by atoms with Crippen LogP contribution in [0.15, 0.2) is 48.5 Å². The maximum Gasteiger partial charge on any atom is 0.269 e. The number of amides is 1. The largest absolute Gasteiger partial charge is 0.492 e. The van der Waals surface area contributed by atoms with Gasteiger partial charge in [-0.15, -0.1) is 0 Å². The molecule has 0 N–H and O–H groups in total. The number of rotatable bonds is 7. The molecule has 1 aliphatic heterocycles. The minimum absolute atomic E-state index is 0.0119. The van der Waals surface area contributed by atoms with Crippen LogP contribution in [0.2, 0.25) is 0 Å². The van der Waals surface area contributed by atoms with Crippen molar-refractivity contribution in [3.05, 3.63) is 58.6 Å². The fourth-order valence-corrected chi connectivity index (χ4v) is 3.09. The van der Waals surface area contributed by atoms with E-state index in [1.807, 2.05) is 31.2 Å². The van der Waals surface area contributed by atoms with Crippen molar-refractivity contribution in [1.29, 1.82) is 0 Å². The minimum Gasteiger partial charge on any atom is -0.492 e. The van der Waals surface area contributed by atoms with E-state index in [1.54, 1.807) is 4.90 Å². The number of piperazine rings is 1. The first-order chi connectivity index (χ1) is 13.6. The Balaban J connectivity index is 1.50. The lowest BCUT2D eigenvalue weighted by Crippen LogP contribution is -2.50. The summed E-state index contributed by atoms with van der Waals surface area (Å²) in [6.07, 6.45) is 0. The van der Waals surface area contributed by atoms with Crippen LogP contribution in [0.1, 0.15) is 6.92 Å². The number of ether oxygens (including phenoxy) is 2. The molecule has 8 nitrogen and oxygen atoms in total. The molecule has 2 aromatic carbocycles. The normalized spacial score (nSPS) is 13.9. The number of non-ortho nitro benzene ring substituents is 1. The first kappa shape index (κ1) is 19.5. The highest BCUT2D eigenvalue weighted by molar-refractivity contribution is 5.78. The number of hydrogen-bond donors (Lipinski definition) is 0. The molecule has 0 bridgehead atoms. The average Bonchev–Trinajstić information content (AvgIpc) is 2.73. The van der Waals surface area contributed by atoms with E-state index in [9.17, 15) is 14.9 Å². The molecule has 0 unspecified atom stereocenters. The lowest BCUT2D eigenvalue weighted by Gasteiger charge is -2.36. The molecule has 3 rings (SSSR count). The second-order valence-corrected chi connectivity index (χ2v) is 6.31. The number of nitro groups is 1. The molecule has 0 atom stereocenters. The van der Waals surface area contributed by atoms with E-state index in [4.69, 9.17) is 9.47 Å². The summed E-state index contributed by atoms with van der Waals surface area (Å²) in [4.78, 5) is 26.6. The Labute approximate surface area is 163 Å². The van der Waals surface area contributed by atoms with Gasteiger partial charge < -0.3 is 19.3 Å². The highest BCUT2D eigenvalue weighted by Crippen LogP contribution is 2.28. The van der Waals surface area contributed by atoms with Crippen molar-refractivity contribution in [2.45, 2.75) is 6.92 Å². The van der Waals surface area contributed by atoms with Gasteiger partial charge in [-0.3, -0.25) is 14.9 Å². The smallest absolute Gasteiger partial charge is 0.269 e. The van der Waals surface area contributed by atoms with E-state index in [1.165, 1.54) is 24.3 Å². The second kappa shape index (κ2) is 9.07. The van der Waals surface area contributed by atoms with Gasteiger partial charge in [-0.1, -0.05) is 12.1 Å². The van der Waals surface area contributed by atoms with Gasteiger partial charge in [-0.25, -0.2) is 0 Å². The summed E-state index contributed by atoms with van der Waals surface area (Å²) in [5, 5.41) is 10.7. The van der Waals surface area contributed by atoms with Crippen molar-refractivity contribution in [1.82, 2.24) is 4.90 Å². The van der Waals surface area contributed by atoms with E-state index in [-0.39, 0.29) is 18.2 Å². The van der Waals surface area contributed by atoms with Crippen molar-refractivity contribution < 1.29 is 19.2 Å². The first-order valence-corrected chi connectivity index (χ1v) is 9.20. The fourth-order valence-electron chi connectivity index (χ4n) is 3.09. The van der Waals surface area contributed by atoms with Crippen LogP contribution in [0.25, 0.3) is 0 Å². The molecule has 0 radical (unpaired) electrons. The highest BCUT2D eigenvalue weighted by Gasteiger charge is 2.23. The molecule has 0 aromatic heterocycles. The Morgan fingerprint density at radius 3 is 2.36 bits per heavy atom. The zero-order chi connectivity index (χ0) is 19.9. The predicted molar refractivity (Wildman–Crippen MR) is 105 cm³/mol. The zero-order valence-corrected chi connectivity index (χ0v) is 15.7. The quantitative estimate of drug-likeness (QED) is 0.538. The van der Waals surface area contributed by atoms with Crippen molar-refractivity contribution in [2.24, 2.45) is 0 Å². The zero-order valence-electron chi connectivity index (χ0n) is 15.7. The monoisotopic (exact) mass is 385 g/mol. The second-order valence-electron chi connectivity index (χ2n) is 6.31. The van der Waals surface area contributed by atoms with Crippen molar-refractivity contribution in [3.63, 3.8) is 0 Å². The molecular formula is C20H23N3O5. The number of anilines is 1. The number of benzene rings is 2. The molecule has 1 fully saturated rings. The van der Waals surface area contributed by atoms with E-state index in [2.05, 4.69) is 4.90 Å². The van der Waals surface area contributed by atoms with Crippen LogP contribution in [0.3, 0.4) is 0 Å². The average molecular weight is 385 g/mol. The number of para-hydroxylation sites is 2. The van der Waals surface area contributed by atoms with Gasteiger partial charge in [0.05, 0.1) is 17.2 Å². The van der Waals surface area contributed by atoms with Gasteiger partial charge in [-0.05, 0) is 31.2 Å². The maximum absolute atomic E-state index is 12.4. The molecule has 1 heterocycles. The summed E-state index contributed by atoms with van der Waals surface area (Å²) in [6, 6.07) is 13.6. The Morgan fingerprint density at radius 2 is 1.71 bits per heavy atom. The van der Waals surface area contributed by atoms with Crippen LogP contribution in [-0.2, 0) is 4.79 Å². The van der Waals surface area contributed by atoms with Gasteiger partial charge in [0.25, 0.3) is 11.6 Å². The first-order valence-electron chi connectivity index (χ1n) is 9.20. The van der Waals surface area contributed by atoms with Gasteiger partial charge in [0, 0.05) is 38.3 Å². The van der Waals surface area contributed by atoms with Crippen LogP contribution in [0, 0.1) is 10.1 Å². The minimum atomic E-state index is -0.474. The maximum atomic E-state index is 12.4. The molecule has 0 aliphatic carbocycles.